The van der Waals surface area contributed by atoms with Gasteiger partial charge in [0.2, 0.25) is 0 Å². The number of ether oxygens (including phenoxy) is 1. The fourth-order valence-electron chi connectivity index (χ4n) is 1.81. The first-order valence-electron chi connectivity index (χ1n) is 5.73. The summed E-state index contributed by atoms with van der Waals surface area (Å²) in [5, 5.41) is 0. The molecule has 0 unspecified atom stereocenters. The molecule has 2 rings (SSSR count). The summed E-state index contributed by atoms with van der Waals surface area (Å²) in [6, 6.07) is 7.04. The monoisotopic (exact) mass is 257 g/mol. The molecule has 0 amide bonds. The smallest absolute Gasteiger partial charge is 0.378 e. The topological polar surface area (TPSA) is 12.5 Å². The van der Waals surface area contributed by atoms with Crippen LogP contribution in [0.25, 0.3) is 6.08 Å². The van der Waals surface area contributed by atoms with Crippen LogP contribution in [0.5, 0.6) is 0 Å². The Morgan fingerprint density at radius 1 is 1.06 bits per heavy atom. The molecule has 0 radical (unpaired) electrons. The van der Waals surface area contributed by atoms with Crippen molar-refractivity contribution in [3.05, 3.63) is 35.9 Å². The Morgan fingerprint density at radius 2 is 1.67 bits per heavy atom. The van der Waals surface area contributed by atoms with Crippen LogP contribution in [0.1, 0.15) is 5.56 Å². The zero-order valence-corrected chi connectivity index (χ0v) is 9.78. The van der Waals surface area contributed by atoms with Crippen molar-refractivity contribution in [2.75, 3.05) is 31.2 Å². The predicted octanol–water partition coefficient (Wildman–Crippen LogP) is 3.10. The lowest BCUT2D eigenvalue weighted by Crippen LogP contribution is -2.36. The van der Waals surface area contributed by atoms with Gasteiger partial charge in [-0.2, -0.15) is 13.2 Å². The highest BCUT2D eigenvalue weighted by atomic mass is 19.4. The molecule has 1 aromatic rings. The summed E-state index contributed by atoms with van der Waals surface area (Å²) in [4.78, 5) is 2.15. The number of hydrogen-bond acceptors (Lipinski definition) is 2. The first-order valence-corrected chi connectivity index (χ1v) is 5.73. The Hall–Kier alpha value is -1.49. The van der Waals surface area contributed by atoms with Gasteiger partial charge in [-0.05, 0) is 17.7 Å². The van der Waals surface area contributed by atoms with Crippen molar-refractivity contribution in [2.45, 2.75) is 6.18 Å². The molecule has 18 heavy (non-hydrogen) atoms. The lowest BCUT2D eigenvalue weighted by atomic mass is 10.1. The lowest BCUT2D eigenvalue weighted by molar-refractivity contribution is -0.0790. The van der Waals surface area contributed by atoms with Crippen LogP contribution in [0.4, 0.5) is 18.9 Å². The molecule has 0 spiro atoms. The number of benzene rings is 1. The average molecular weight is 257 g/mol. The number of rotatable bonds is 2. The van der Waals surface area contributed by atoms with E-state index in [9.17, 15) is 13.2 Å². The Bertz CT molecular complexity index is 405. The maximum atomic E-state index is 12.0. The highest BCUT2D eigenvalue weighted by Gasteiger charge is 2.21. The molecule has 1 aromatic carbocycles. The molecule has 2 nitrogen and oxygen atoms in total. The van der Waals surface area contributed by atoms with Crippen LogP contribution in [-0.4, -0.2) is 32.5 Å². The molecule has 1 fully saturated rings. The van der Waals surface area contributed by atoms with E-state index in [1.165, 1.54) is 0 Å². The standard InChI is InChI=1S/C13H14F3NO/c14-13(15,16)6-5-11-1-3-12(4-2-11)17-7-9-18-10-8-17/h1-6H,7-10H2/b6-5+. The fourth-order valence-corrected chi connectivity index (χ4v) is 1.81. The van der Waals surface area contributed by atoms with Crippen LogP contribution < -0.4 is 4.90 Å². The second-order valence-electron chi connectivity index (χ2n) is 4.07. The van der Waals surface area contributed by atoms with Crippen molar-refractivity contribution in [1.82, 2.24) is 0 Å². The van der Waals surface area contributed by atoms with E-state index in [0.717, 1.165) is 24.9 Å². The van der Waals surface area contributed by atoms with Crippen molar-refractivity contribution >= 4 is 11.8 Å². The quantitative estimate of drug-likeness (QED) is 0.807. The van der Waals surface area contributed by atoms with Gasteiger partial charge in [0.25, 0.3) is 0 Å². The number of allylic oxidation sites excluding steroid dienone is 1. The molecule has 0 atom stereocenters. The molecule has 0 N–H and O–H groups in total. The predicted molar refractivity (Wildman–Crippen MR) is 64.6 cm³/mol. The van der Waals surface area contributed by atoms with E-state index in [2.05, 4.69) is 4.90 Å². The Morgan fingerprint density at radius 3 is 2.22 bits per heavy atom. The summed E-state index contributed by atoms with van der Waals surface area (Å²) in [5.41, 5.74) is 1.56. The zero-order valence-electron chi connectivity index (χ0n) is 9.78. The molecule has 1 heterocycles. The Balaban J connectivity index is 2.03. The molecule has 98 valence electrons. The average Bonchev–Trinajstić information content (AvgIpc) is 2.37. The molecular weight excluding hydrogens is 243 g/mol. The van der Waals surface area contributed by atoms with E-state index in [1.807, 2.05) is 12.1 Å². The number of anilines is 1. The van der Waals surface area contributed by atoms with Crippen LogP contribution in [0.2, 0.25) is 0 Å². The maximum absolute atomic E-state index is 12.0. The number of halogens is 3. The highest BCUT2D eigenvalue weighted by molar-refractivity contribution is 5.56. The van der Waals surface area contributed by atoms with Crippen molar-refractivity contribution in [3.8, 4) is 0 Å². The number of morpholine rings is 1. The minimum absolute atomic E-state index is 0.247. The third-order valence-electron chi connectivity index (χ3n) is 2.73. The molecule has 1 aliphatic rings. The van der Waals surface area contributed by atoms with Crippen LogP contribution in [0, 0.1) is 0 Å². The molecule has 0 saturated carbocycles. The largest absolute Gasteiger partial charge is 0.409 e. The van der Waals surface area contributed by atoms with Gasteiger partial charge in [-0.1, -0.05) is 18.2 Å². The van der Waals surface area contributed by atoms with Gasteiger partial charge in [-0.3, -0.25) is 0 Å². The van der Waals surface area contributed by atoms with Crippen LogP contribution in [0.15, 0.2) is 30.3 Å². The van der Waals surface area contributed by atoms with E-state index < -0.39 is 6.18 Å². The van der Waals surface area contributed by atoms with Gasteiger partial charge in [0.15, 0.2) is 0 Å². The van der Waals surface area contributed by atoms with Gasteiger partial charge in [0, 0.05) is 24.9 Å². The third-order valence-corrected chi connectivity index (χ3v) is 2.73. The molecule has 1 saturated heterocycles. The SMILES string of the molecule is FC(F)(F)/C=C/c1ccc(N2CCOCC2)cc1. The van der Waals surface area contributed by atoms with Crippen molar-refractivity contribution < 1.29 is 17.9 Å². The normalized spacial score (nSPS) is 17.4. The molecular formula is C13H14F3NO. The summed E-state index contributed by atoms with van der Waals surface area (Å²) in [5.74, 6) is 0. The van der Waals surface area contributed by atoms with Crippen molar-refractivity contribution in [1.29, 1.82) is 0 Å². The minimum Gasteiger partial charge on any atom is -0.378 e. The summed E-state index contributed by atoms with van der Waals surface area (Å²) < 4.78 is 41.3. The van der Waals surface area contributed by atoms with Gasteiger partial charge in [-0.15, -0.1) is 0 Å². The van der Waals surface area contributed by atoms with Crippen LogP contribution >= 0.6 is 0 Å². The molecule has 0 aromatic heterocycles. The zero-order chi connectivity index (χ0) is 13.0. The van der Waals surface area contributed by atoms with E-state index in [4.69, 9.17) is 4.74 Å². The fraction of sp³-hybridized carbons (Fsp3) is 0.385. The van der Waals surface area contributed by atoms with Gasteiger partial charge in [-0.25, -0.2) is 0 Å². The first kappa shape index (κ1) is 13.0. The molecule has 0 bridgehead atoms. The van der Waals surface area contributed by atoms with E-state index >= 15 is 0 Å². The first-order chi connectivity index (χ1) is 8.54. The number of alkyl halides is 3. The molecule has 5 heteroatoms. The lowest BCUT2D eigenvalue weighted by Gasteiger charge is -2.28. The number of hydrogen-bond donors (Lipinski definition) is 0. The summed E-state index contributed by atoms with van der Waals surface area (Å²) in [6.07, 6.45) is -2.94. The van der Waals surface area contributed by atoms with Crippen LogP contribution in [-0.2, 0) is 4.74 Å². The Kier molecular flexibility index (Phi) is 3.91. The van der Waals surface area contributed by atoms with Crippen molar-refractivity contribution in [3.63, 3.8) is 0 Å². The summed E-state index contributed by atoms with van der Waals surface area (Å²) in [6.45, 7) is 3.01. The highest BCUT2D eigenvalue weighted by Crippen LogP contribution is 2.20. The van der Waals surface area contributed by atoms with Gasteiger partial charge >= 0.3 is 6.18 Å². The van der Waals surface area contributed by atoms with Gasteiger partial charge in [0.1, 0.15) is 0 Å². The second kappa shape index (κ2) is 5.44. The summed E-state index contributed by atoms with van der Waals surface area (Å²) >= 11 is 0. The van der Waals surface area contributed by atoms with Crippen molar-refractivity contribution in [2.24, 2.45) is 0 Å². The second-order valence-corrected chi connectivity index (χ2v) is 4.07. The summed E-state index contributed by atoms with van der Waals surface area (Å²) in [7, 11) is 0. The Labute approximate surface area is 104 Å². The van der Waals surface area contributed by atoms with E-state index in [-0.39, 0.29) is 6.08 Å². The van der Waals surface area contributed by atoms with E-state index in [0.29, 0.717) is 18.8 Å². The minimum atomic E-state index is -4.26. The number of nitrogens with zero attached hydrogens (tertiary/aromatic N) is 1. The molecule has 1 aliphatic heterocycles. The maximum Gasteiger partial charge on any atom is 0.409 e. The molecule has 0 aliphatic carbocycles. The third kappa shape index (κ3) is 3.77. The van der Waals surface area contributed by atoms with Crippen LogP contribution in [0.3, 0.4) is 0 Å². The van der Waals surface area contributed by atoms with Gasteiger partial charge in [0.05, 0.1) is 13.2 Å². The van der Waals surface area contributed by atoms with Gasteiger partial charge < -0.3 is 9.64 Å². The van der Waals surface area contributed by atoms with E-state index in [1.54, 1.807) is 12.1 Å².